The number of thiophene rings is 1. The van der Waals surface area contributed by atoms with Crippen molar-refractivity contribution >= 4 is 28.1 Å². The van der Waals surface area contributed by atoms with Crippen molar-refractivity contribution in [2.45, 2.75) is 19.9 Å². The molecule has 4 aromatic rings. The summed E-state index contributed by atoms with van der Waals surface area (Å²) in [6.45, 7) is 3.97. The Bertz CT molecular complexity index is 1180. The number of aryl methyl sites for hydroxylation is 2. The lowest BCUT2D eigenvalue weighted by Gasteiger charge is -2.23. The highest BCUT2D eigenvalue weighted by Crippen LogP contribution is 2.40. The Labute approximate surface area is 184 Å². The Morgan fingerprint density at radius 2 is 1.90 bits per heavy atom. The molecular formula is C24H23N3O3S. The van der Waals surface area contributed by atoms with Crippen molar-refractivity contribution in [3.8, 4) is 5.75 Å². The molecule has 0 aliphatic carbocycles. The van der Waals surface area contributed by atoms with Gasteiger partial charge in [0.15, 0.2) is 5.76 Å². The third kappa shape index (κ3) is 4.62. The molecule has 6 nitrogen and oxygen atoms in total. The van der Waals surface area contributed by atoms with Crippen LogP contribution in [0.1, 0.15) is 38.3 Å². The van der Waals surface area contributed by atoms with Crippen LogP contribution in [-0.2, 0) is 0 Å². The predicted molar refractivity (Wildman–Crippen MR) is 123 cm³/mol. The van der Waals surface area contributed by atoms with Gasteiger partial charge in [-0.2, -0.15) is 0 Å². The SMILES string of the molecule is COc1ccccc1[C@H](Nc1cccc(C)n1)c1cc(C)sc1NC(=O)c1ccco1. The van der Waals surface area contributed by atoms with E-state index in [2.05, 4.69) is 21.7 Å². The number of furan rings is 1. The van der Waals surface area contributed by atoms with Gasteiger partial charge in [-0.15, -0.1) is 11.3 Å². The Balaban J connectivity index is 1.77. The molecule has 1 atom stereocenters. The average molecular weight is 434 g/mol. The van der Waals surface area contributed by atoms with Crippen LogP contribution in [-0.4, -0.2) is 18.0 Å². The molecule has 0 saturated heterocycles. The first kappa shape index (κ1) is 20.7. The number of nitrogens with one attached hydrogen (secondary N) is 2. The first-order valence-electron chi connectivity index (χ1n) is 9.83. The summed E-state index contributed by atoms with van der Waals surface area (Å²) in [7, 11) is 1.65. The molecule has 7 heteroatoms. The molecule has 0 spiro atoms. The summed E-state index contributed by atoms with van der Waals surface area (Å²) in [5.41, 5.74) is 2.78. The van der Waals surface area contributed by atoms with Crippen LogP contribution in [0.5, 0.6) is 5.75 Å². The van der Waals surface area contributed by atoms with Crippen LogP contribution in [0.25, 0.3) is 0 Å². The minimum atomic E-state index is -0.291. The molecule has 0 bridgehead atoms. The largest absolute Gasteiger partial charge is 0.496 e. The van der Waals surface area contributed by atoms with Gasteiger partial charge in [-0.3, -0.25) is 4.79 Å². The number of anilines is 2. The number of nitrogens with zero attached hydrogens (tertiary/aromatic N) is 1. The number of ether oxygens (including phenoxy) is 1. The fourth-order valence-electron chi connectivity index (χ4n) is 3.42. The highest BCUT2D eigenvalue weighted by Gasteiger charge is 2.25. The molecule has 0 aliphatic heterocycles. The van der Waals surface area contributed by atoms with Gasteiger partial charge in [0, 0.05) is 21.7 Å². The number of carbonyl (C=O) groups is 1. The summed E-state index contributed by atoms with van der Waals surface area (Å²) in [6, 6.07) is 18.8. The van der Waals surface area contributed by atoms with E-state index < -0.39 is 0 Å². The number of hydrogen-bond donors (Lipinski definition) is 2. The summed E-state index contributed by atoms with van der Waals surface area (Å²) in [4.78, 5) is 18.3. The Morgan fingerprint density at radius 3 is 2.65 bits per heavy atom. The molecule has 1 amide bonds. The maximum absolute atomic E-state index is 12.7. The number of benzene rings is 1. The van der Waals surface area contributed by atoms with E-state index in [4.69, 9.17) is 9.15 Å². The van der Waals surface area contributed by atoms with Crippen molar-refractivity contribution in [1.29, 1.82) is 0 Å². The van der Waals surface area contributed by atoms with E-state index in [1.165, 1.54) is 17.6 Å². The van der Waals surface area contributed by atoms with E-state index in [1.807, 2.05) is 56.3 Å². The lowest BCUT2D eigenvalue weighted by Crippen LogP contribution is -2.17. The topological polar surface area (TPSA) is 76.4 Å². The van der Waals surface area contributed by atoms with Crippen molar-refractivity contribution in [1.82, 2.24) is 4.98 Å². The lowest BCUT2D eigenvalue weighted by molar-refractivity contribution is 0.0997. The van der Waals surface area contributed by atoms with E-state index in [0.29, 0.717) is 0 Å². The number of methoxy groups -OCH3 is 1. The second-order valence-electron chi connectivity index (χ2n) is 7.06. The molecule has 4 rings (SSSR count). The van der Waals surface area contributed by atoms with Gasteiger partial charge in [0.1, 0.15) is 16.6 Å². The Hall–Kier alpha value is -3.58. The number of amides is 1. The number of rotatable bonds is 7. The van der Waals surface area contributed by atoms with Gasteiger partial charge in [0.2, 0.25) is 0 Å². The highest BCUT2D eigenvalue weighted by atomic mass is 32.1. The summed E-state index contributed by atoms with van der Waals surface area (Å²) >= 11 is 1.52. The number of pyridine rings is 1. The van der Waals surface area contributed by atoms with Gasteiger partial charge >= 0.3 is 0 Å². The van der Waals surface area contributed by atoms with E-state index in [9.17, 15) is 4.79 Å². The van der Waals surface area contributed by atoms with Crippen molar-refractivity contribution in [3.05, 3.63) is 94.4 Å². The zero-order valence-electron chi connectivity index (χ0n) is 17.5. The molecule has 2 N–H and O–H groups in total. The van der Waals surface area contributed by atoms with Crippen molar-refractivity contribution in [2.24, 2.45) is 0 Å². The third-order valence-electron chi connectivity index (χ3n) is 4.80. The van der Waals surface area contributed by atoms with E-state index in [-0.39, 0.29) is 17.7 Å². The van der Waals surface area contributed by atoms with E-state index in [0.717, 1.165) is 38.3 Å². The predicted octanol–water partition coefficient (Wildman–Crippen LogP) is 5.82. The minimum Gasteiger partial charge on any atom is -0.496 e. The Morgan fingerprint density at radius 1 is 1.06 bits per heavy atom. The van der Waals surface area contributed by atoms with Gasteiger partial charge < -0.3 is 19.8 Å². The van der Waals surface area contributed by atoms with E-state index >= 15 is 0 Å². The molecule has 0 unspecified atom stereocenters. The molecule has 3 heterocycles. The van der Waals surface area contributed by atoms with Crippen LogP contribution in [0.2, 0.25) is 0 Å². The van der Waals surface area contributed by atoms with Gasteiger partial charge in [-0.1, -0.05) is 24.3 Å². The first-order chi connectivity index (χ1) is 15.0. The van der Waals surface area contributed by atoms with Gasteiger partial charge in [0.25, 0.3) is 5.91 Å². The van der Waals surface area contributed by atoms with Gasteiger partial charge in [-0.05, 0) is 50.2 Å². The molecule has 0 fully saturated rings. The van der Waals surface area contributed by atoms with Crippen LogP contribution in [0.3, 0.4) is 0 Å². The molecule has 0 radical (unpaired) electrons. The highest BCUT2D eigenvalue weighted by molar-refractivity contribution is 7.16. The third-order valence-corrected chi connectivity index (χ3v) is 5.78. The van der Waals surface area contributed by atoms with Crippen LogP contribution >= 0.6 is 11.3 Å². The number of hydrogen-bond acceptors (Lipinski definition) is 6. The molecular weight excluding hydrogens is 410 g/mol. The van der Waals surface area contributed by atoms with Crippen LogP contribution < -0.4 is 15.4 Å². The van der Waals surface area contributed by atoms with Crippen molar-refractivity contribution in [2.75, 3.05) is 17.7 Å². The summed E-state index contributed by atoms with van der Waals surface area (Å²) in [5, 5.41) is 7.28. The van der Waals surface area contributed by atoms with Gasteiger partial charge in [-0.25, -0.2) is 4.98 Å². The molecule has 0 aliphatic rings. The second kappa shape index (κ2) is 9.06. The number of aromatic nitrogens is 1. The zero-order chi connectivity index (χ0) is 21.8. The number of carbonyl (C=O) groups excluding carboxylic acids is 1. The Kier molecular flexibility index (Phi) is 6.04. The maximum atomic E-state index is 12.7. The van der Waals surface area contributed by atoms with Crippen LogP contribution in [0, 0.1) is 13.8 Å². The quantitative estimate of drug-likeness (QED) is 0.384. The fourth-order valence-corrected chi connectivity index (χ4v) is 4.36. The minimum absolute atomic E-state index is 0.263. The fraction of sp³-hybridized carbons (Fsp3) is 0.167. The maximum Gasteiger partial charge on any atom is 0.291 e. The molecule has 3 aromatic heterocycles. The lowest BCUT2D eigenvalue weighted by atomic mass is 9.98. The zero-order valence-corrected chi connectivity index (χ0v) is 18.3. The normalized spacial score (nSPS) is 11.7. The standard InChI is InChI=1S/C24H23N3O3S/c1-15-8-6-12-21(25-15)26-22(17-9-4-5-10-19(17)29-3)18-14-16(2)31-24(18)27-23(28)20-11-7-13-30-20/h4-14,22H,1-3H3,(H,25,26)(H,27,28)/t22-/m0/s1. The van der Waals surface area contributed by atoms with Crippen LogP contribution in [0.15, 0.2) is 71.3 Å². The summed E-state index contributed by atoms with van der Waals surface area (Å²) in [6.07, 6.45) is 1.48. The van der Waals surface area contributed by atoms with Crippen molar-refractivity contribution < 1.29 is 13.9 Å². The van der Waals surface area contributed by atoms with E-state index in [1.54, 1.807) is 19.2 Å². The summed E-state index contributed by atoms with van der Waals surface area (Å²) < 4.78 is 10.9. The van der Waals surface area contributed by atoms with Crippen molar-refractivity contribution in [3.63, 3.8) is 0 Å². The average Bonchev–Trinajstić information content (AvgIpc) is 3.42. The smallest absolute Gasteiger partial charge is 0.291 e. The van der Waals surface area contributed by atoms with Crippen LogP contribution in [0.4, 0.5) is 10.8 Å². The molecule has 0 saturated carbocycles. The number of para-hydroxylation sites is 1. The molecule has 158 valence electrons. The summed E-state index contributed by atoms with van der Waals surface area (Å²) in [5.74, 6) is 1.46. The molecule has 31 heavy (non-hydrogen) atoms. The monoisotopic (exact) mass is 433 g/mol. The van der Waals surface area contributed by atoms with Gasteiger partial charge in [0.05, 0.1) is 19.4 Å². The molecule has 1 aromatic carbocycles. The second-order valence-corrected chi connectivity index (χ2v) is 8.31. The first-order valence-corrected chi connectivity index (χ1v) is 10.6.